The highest BCUT2D eigenvalue weighted by Crippen LogP contribution is 1.99. The van der Waals surface area contributed by atoms with E-state index in [-0.39, 0.29) is 0 Å². The molecule has 0 radical (unpaired) electrons. The van der Waals surface area contributed by atoms with Crippen molar-refractivity contribution in [1.29, 1.82) is 0 Å². The van der Waals surface area contributed by atoms with E-state index in [1.165, 1.54) is 16.3 Å². The number of aryl methyl sites for hydroxylation is 1. The van der Waals surface area contributed by atoms with Gasteiger partial charge in [0.05, 0.1) is 6.61 Å². The predicted octanol–water partition coefficient (Wildman–Crippen LogP) is 2.05. The highest BCUT2D eigenvalue weighted by Gasteiger charge is 2.16. The van der Waals surface area contributed by atoms with E-state index < -0.39 is 9.28 Å². The van der Waals surface area contributed by atoms with E-state index in [0.717, 1.165) is 0 Å². The lowest BCUT2D eigenvalue weighted by atomic mass is 10.2. The number of hydrogen-bond acceptors (Lipinski definition) is 2. The minimum absolute atomic E-state index is 0.640. The summed E-state index contributed by atoms with van der Waals surface area (Å²) in [6, 6.07) is 8.26. The molecule has 88 valence electrons. The van der Waals surface area contributed by atoms with Crippen LogP contribution in [0.4, 0.5) is 0 Å². The number of rotatable bonds is 5. The zero-order chi connectivity index (χ0) is 12.0. The normalized spacial score (nSPS) is 12.2. The molecule has 0 saturated heterocycles. The summed E-state index contributed by atoms with van der Waals surface area (Å²) >= 11 is 0. The first-order valence-corrected chi connectivity index (χ1v) is 7.00. The van der Waals surface area contributed by atoms with Crippen LogP contribution in [0.25, 0.3) is 0 Å². The molecule has 0 aliphatic carbocycles. The van der Waals surface area contributed by atoms with Gasteiger partial charge in [-0.2, -0.15) is 0 Å². The molecule has 0 aliphatic heterocycles. The minimum Gasteiger partial charge on any atom is -0.397 e. The molecule has 1 atom stereocenters. The molecule has 1 aromatic carbocycles. The molecule has 0 aliphatic rings. The molecule has 0 heterocycles. The number of benzene rings is 1. The van der Waals surface area contributed by atoms with Gasteiger partial charge in [0.1, 0.15) is 0 Å². The summed E-state index contributed by atoms with van der Waals surface area (Å²) in [5.41, 5.74) is 2.52. The SMILES string of the molecule is CO[SiH](OCC=C(C)C)c1ccccc1C. The second-order valence-electron chi connectivity index (χ2n) is 4.04. The maximum atomic E-state index is 5.81. The lowest BCUT2D eigenvalue weighted by Crippen LogP contribution is -2.37. The van der Waals surface area contributed by atoms with Crippen LogP contribution in [0, 0.1) is 6.92 Å². The van der Waals surface area contributed by atoms with Gasteiger partial charge in [0.15, 0.2) is 0 Å². The predicted molar refractivity (Wildman–Crippen MR) is 70.4 cm³/mol. The van der Waals surface area contributed by atoms with Crippen LogP contribution in [0.2, 0.25) is 0 Å². The van der Waals surface area contributed by atoms with Gasteiger partial charge >= 0.3 is 9.28 Å². The van der Waals surface area contributed by atoms with Gasteiger partial charge in [0, 0.05) is 7.11 Å². The van der Waals surface area contributed by atoms with Crippen LogP contribution in [0.5, 0.6) is 0 Å². The fourth-order valence-electron chi connectivity index (χ4n) is 1.44. The van der Waals surface area contributed by atoms with E-state index in [9.17, 15) is 0 Å². The topological polar surface area (TPSA) is 18.5 Å². The minimum atomic E-state index is -1.71. The van der Waals surface area contributed by atoms with Crippen LogP contribution in [-0.2, 0) is 8.85 Å². The van der Waals surface area contributed by atoms with Crippen molar-refractivity contribution >= 4 is 14.5 Å². The Morgan fingerprint density at radius 1 is 1.31 bits per heavy atom. The molecule has 0 saturated carbocycles. The zero-order valence-electron chi connectivity index (χ0n) is 10.5. The van der Waals surface area contributed by atoms with Crippen LogP contribution in [0.15, 0.2) is 35.9 Å². The van der Waals surface area contributed by atoms with E-state index in [1.807, 2.05) is 12.1 Å². The number of hydrogen-bond donors (Lipinski definition) is 0. The standard InChI is InChI=1S/C13H20O2Si/c1-11(2)9-10-15-16(14-4)13-8-6-5-7-12(13)3/h5-9,16H,10H2,1-4H3. The molecule has 1 unspecified atom stereocenters. The van der Waals surface area contributed by atoms with Crippen LogP contribution < -0.4 is 5.19 Å². The van der Waals surface area contributed by atoms with Gasteiger partial charge in [-0.25, -0.2) is 0 Å². The Labute approximate surface area is 99.7 Å². The molecule has 0 N–H and O–H groups in total. The van der Waals surface area contributed by atoms with Crippen molar-refractivity contribution in [2.45, 2.75) is 20.8 Å². The van der Waals surface area contributed by atoms with Gasteiger partial charge in [-0.05, 0) is 31.5 Å². The first-order chi connectivity index (χ1) is 7.65. The molecule has 1 aromatic rings. The molecule has 1 rings (SSSR count). The Morgan fingerprint density at radius 2 is 2.00 bits per heavy atom. The highest BCUT2D eigenvalue weighted by molar-refractivity contribution is 6.61. The summed E-state index contributed by atoms with van der Waals surface area (Å²) in [7, 11) is 0.0139. The van der Waals surface area contributed by atoms with Gasteiger partial charge in [-0.3, -0.25) is 0 Å². The molecule has 0 fully saturated rings. The van der Waals surface area contributed by atoms with Crippen LogP contribution in [-0.4, -0.2) is 23.0 Å². The maximum Gasteiger partial charge on any atom is 0.356 e. The summed E-state index contributed by atoms with van der Waals surface area (Å²) < 4.78 is 11.3. The highest BCUT2D eigenvalue weighted by atomic mass is 28.3. The summed E-state index contributed by atoms with van der Waals surface area (Å²) in [5.74, 6) is 0. The Hall–Kier alpha value is -0.903. The van der Waals surface area contributed by atoms with E-state index in [0.29, 0.717) is 6.61 Å². The van der Waals surface area contributed by atoms with Crippen LogP contribution in [0.3, 0.4) is 0 Å². The Morgan fingerprint density at radius 3 is 2.56 bits per heavy atom. The Kier molecular flexibility index (Phi) is 5.45. The van der Waals surface area contributed by atoms with Crippen molar-refractivity contribution in [3.8, 4) is 0 Å². The fraction of sp³-hybridized carbons (Fsp3) is 0.385. The third-order valence-electron chi connectivity index (χ3n) is 2.40. The summed E-state index contributed by atoms with van der Waals surface area (Å²) in [4.78, 5) is 0. The quantitative estimate of drug-likeness (QED) is 0.575. The molecule has 16 heavy (non-hydrogen) atoms. The smallest absolute Gasteiger partial charge is 0.356 e. The molecule has 0 bridgehead atoms. The van der Waals surface area contributed by atoms with Crippen LogP contribution in [0.1, 0.15) is 19.4 Å². The van der Waals surface area contributed by atoms with Gasteiger partial charge in [-0.1, -0.05) is 35.9 Å². The van der Waals surface area contributed by atoms with Gasteiger partial charge in [0.2, 0.25) is 0 Å². The molecule has 0 spiro atoms. The molecule has 0 amide bonds. The van der Waals surface area contributed by atoms with Crippen molar-refractivity contribution in [3.05, 3.63) is 41.5 Å². The van der Waals surface area contributed by atoms with Gasteiger partial charge in [0.25, 0.3) is 0 Å². The van der Waals surface area contributed by atoms with Crippen molar-refractivity contribution in [2.24, 2.45) is 0 Å². The second-order valence-corrected chi connectivity index (χ2v) is 6.13. The maximum absolute atomic E-state index is 5.81. The molecular weight excluding hydrogens is 216 g/mol. The van der Waals surface area contributed by atoms with Crippen molar-refractivity contribution in [1.82, 2.24) is 0 Å². The average Bonchev–Trinajstić information content (AvgIpc) is 2.25. The second kappa shape index (κ2) is 6.63. The number of allylic oxidation sites excluding steroid dienone is 1. The Balaban J connectivity index is 2.68. The fourth-order valence-corrected chi connectivity index (χ4v) is 3.02. The first kappa shape index (κ1) is 13.2. The lowest BCUT2D eigenvalue weighted by molar-refractivity contribution is 0.265. The molecule has 0 aromatic heterocycles. The van der Waals surface area contributed by atoms with E-state index in [1.54, 1.807) is 7.11 Å². The zero-order valence-corrected chi connectivity index (χ0v) is 11.6. The monoisotopic (exact) mass is 236 g/mol. The third-order valence-corrected chi connectivity index (χ3v) is 4.47. The largest absolute Gasteiger partial charge is 0.397 e. The summed E-state index contributed by atoms with van der Waals surface area (Å²) in [6.07, 6.45) is 2.08. The molecular formula is C13H20O2Si. The summed E-state index contributed by atoms with van der Waals surface area (Å²) in [5, 5.41) is 1.23. The van der Waals surface area contributed by atoms with Crippen molar-refractivity contribution in [3.63, 3.8) is 0 Å². The van der Waals surface area contributed by atoms with Gasteiger partial charge < -0.3 is 8.85 Å². The van der Waals surface area contributed by atoms with Crippen LogP contribution >= 0.6 is 0 Å². The third kappa shape index (κ3) is 3.93. The van der Waals surface area contributed by atoms with E-state index >= 15 is 0 Å². The molecule has 3 heteroatoms. The van der Waals surface area contributed by atoms with Crippen molar-refractivity contribution in [2.75, 3.05) is 13.7 Å². The average molecular weight is 236 g/mol. The summed E-state index contributed by atoms with van der Waals surface area (Å²) in [6.45, 7) is 6.88. The first-order valence-electron chi connectivity index (χ1n) is 5.48. The van der Waals surface area contributed by atoms with E-state index in [4.69, 9.17) is 8.85 Å². The van der Waals surface area contributed by atoms with Gasteiger partial charge in [-0.15, -0.1) is 0 Å². The molecule has 2 nitrogen and oxygen atoms in total. The van der Waals surface area contributed by atoms with E-state index in [2.05, 4.69) is 39.0 Å². The lowest BCUT2D eigenvalue weighted by Gasteiger charge is -2.15. The van der Waals surface area contributed by atoms with Crippen molar-refractivity contribution < 1.29 is 8.85 Å². The Bertz CT molecular complexity index is 357.